The highest BCUT2D eigenvalue weighted by Gasteiger charge is 2.29. The van der Waals surface area contributed by atoms with Gasteiger partial charge < -0.3 is 4.42 Å². The Morgan fingerprint density at radius 1 is 0.596 bits per heavy atom. The molecule has 0 radical (unpaired) electrons. The zero-order valence-electron chi connectivity index (χ0n) is 28.0. The molecule has 1 atom stereocenters. The molecule has 10 aromatic rings. The van der Waals surface area contributed by atoms with E-state index in [-0.39, 0.29) is 5.92 Å². The van der Waals surface area contributed by atoms with Crippen molar-refractivity contribution in [3.63, 3.8) is 0 Å². The quantitative estimate of drug-likeness (QED) is 0.185. The van der Waals surface area contributed by atoms with Crippen LogP contribution < -0.4 is 0 Å². The van der Waals surface area contributed by atoms with Gasteiger partial charge in [0.25, 0.3) is 0 Å². The molecule has 6 aromatic carbocycles. The highest BCUT2D eigenvalue weighted by molar-refractivity contribution is 7.25. The van der Waals surface area contributed by atoms with Gasteiger partial charge in [0.1, 0.15) is 16.9 Å². The largest absolute Gasteiger partial charge is 0.455 e. The minimum Gasteiger partial charge on any atom is -0.455 e. The van der Waals surface area contributed by atoms with Gasteiger partial charge in [-0.2, -0.15) is 0 Å². The molecule has 0 bridgehead atoms. The maximum absolute atomic E-state index is 6.56. The van der Waals surface area contributed by atoms with E-state index in [0.717, 1.165) is 56.6 Å². The number of furan rings is 1. The molecular weight excluding hydrogens is 655 g/mol. The molecule has 4 heterocycles. The van der Waals surface area contributed by atoms with E-state index in [1.165, 1.54) is 48.0 Å². The van der Waals surface area contributed by atoms with Crippen molar-refractivity contribution in [3.05, 3.63) is 175 Å². The number of hydrogen-bond acceptors (Lipinski definition) is 5. The highest BCUT2D eigenvalue weighted by atomic mass is 32.1. The molecule has 244 valence electrons. The molecule has 0 fully saturated rings. The fourth-order valence-corrected chi connectivity index (χ4v) is 9.23. The van der Waals surface area contributed by atoms with Crippen LogP contribution in [0, 0.1) is 0 Å². The SMILES string of the molecule is c1ccc(-c2cc(-c3ccccc3)nc(-c3nccc4sc5ccc(C6Cc7ccc8c(oc9ccccc98)c7-c7ccccc76)cc5c34)n2)cc1. The number of aromatic nitrogens is 3. The molecule has 52 heavy (non-hydrogen) atoms. The number of rotatable bonds is 4. The van der Waals surface area contributed by atoms with Gasteiger partial charge in [-0.25, -0.2) is 9.97 Å². The number of thiophene rings is 1. The Balaban J connectivity index is 1.09. The molecule has 0 saturated heterocycles. The van der Waals surface area contributed by atoms with Gasteiger partial charge in [-0.1, -0.05) is 121 Å². The topological polar surface area (TPSA) is 51.8 Å². The Morgan fingerprint density at radius 2 is 1.33 bits per heavy atom. The van der Waals surface area contributed by atoms with E-state index in [0.29, 0.717) is 5.82 Å². The minimum atomic E-state index is 0.187. The molecule has 11 rings (SSSR count). The predicted molar refractivity (Wildman–Crippen MR) is 214 cm³/mol. The summed E-state index contributed by atoms with van der Waals surface area (Å²) in [4.78, 5) is 15.3. The van der Waals surface area contributed by atoms with Gasteiger partial charge in [0.15, 0.2) is 5.82 Å². The fraction of sp³-hybridized carbons (Fsp3) is 0.0426. The van der Waals surface area contributed by atoms with Gasteiger partial charge in [0, 0.05) is 59.7 Å². The first-order valence-corrected chi connectivity index (χ1v) is 18.4. The number of hydrogen-bond donors (Lipinski definition) is 0. The third-order valence-electron chi connectivity index (χ3n) is 10.5. The number of fused-ring (bicyclic) bond motifs is 10. The molecule has 4 nitrogen and oxygen atoms in total. The van der Waals surface area contributed by atoms with E-state index in [2.05, 4.69) is 109 Å². The average molecular weight is 684 g/mol. The summed E-state index contributed by atoms with van der Waals surface area (Å²) in [5.41, 5.74) is 12.9. The van der Waals surface area contributed by atoms with Crippen molar-refractivity contribution in [2.75, 3.05) is 0 Å². The van der Waals surface area contributed by atoms with E-state index >= 15 is 0 Å². The second kappa shape index (κ2) is 11.6. The maximum Gasteiger partial charge on any atom is 0.179 e. The third-order valence-corrected chi connectivity index (χ3v) is 11.7. The first-order valence-electron chi connectivity index (χ1n) is 17.6. The van der Waals surface area contributed by atoms with Crippen LogP contribution in [0.2, 0.25) is 0 Å². The first kappa shape index (κ1) is 29.3. The van der Waals surface area contributed by atoms with E-state index in [1.807, 2.05) is 48.7 Å². The summed E-state index contributed by atoms with van der Waals surface area (Å²) in [6.45, 7) is 0. The van der Waals surface area contributed by atoms with Crippen LogP contribution in [0.5, 0.6) is 0 Å². The van der Waals surface area contributed by atoms with Crippen LogP contribution in [0.1, 0.15) is 22.6 Å². The van der Waals surface area contributed by atoms with Crippen molar-refractivity contribution in [2.45, 2.75) is 12.3 Å². The third kappa shape index (κ3) is 4.56. The highest BCUT2D eigenvalue weighted by Crippen LogP contribution is 2.48. The van der Waals surface area contributed by atoms with Crippen LogP contribution in [0.3, 0.4) is 0 Å². The van der Waals surface area contributed by atoms with Crippen molar-refractivity contribution in [1.29, 1.82) is 0 Å². The van der Waals surface area contributed by atoms with Crippen molar-refractivity contribution in [1.82, 2.24) is 15.0 Å². The van der Waals surface area contributed by atoms with Crippen LogP contribution >= 0.6 is 11.3 Å². The molecule has 0 amide bonds. The van der Waals surface area contributed by atoms with Crippen molar-refractivity contribution in [2.24, 2.45) is 0 Å². The smallest absolute Gasteiger partial charge is 0.179 e. The Kier molecular flexibility index (Phi) is 6.51. The number of nitrogens with zero attached hydrogens (tertiary/aromatic N) is 3. The summed E-state index contributed by atoms with van der Waals surface area (Å²) < 4.78 is 8.96. The van der Waals surface area contributed by atoms with Crippen LogP contribution in [0.25, 0.3) is 87.3 Å². The first-order chi connectivity index (χ1) is 25.8. The Labute approximate surface area is 303 Å². The summed E-state index contributed by atoms with van der Waals surface area (Å²) in [5, 5.41) is 4.62. The molecule has 1 unspecified atom stereocenters. The van der Waals surface area contributed by atoms with Crippen molar-refractivity contribution >= 4 is 53.4 Å². The normalized spacial score (nSPS) is 13.9. The summed E-state index contributed by atoms with van der Waals surface area (Å²) >= 11 is 1.80. The standard InChI is InChI=1S/C47H29N3OS/c1-3-11-28(12-4-1)38-27-39(29-13-5-2-6-14-29)50-47(49-38)45-44-37-25-30(20-22-41(37)52-42(44)23-24-48-45)36-26-31-19-21-35-33-16-9-10-18-40(33)51-46(35)43(31)34-17-8-7-15-32(34)36/h1-25,27,36H,26H2. The monoisotopic (exact) mass is 683 g/mol. The lowest BCUT2D eigenvalue weighted by Crippen LogP contribution is -2.12. The second-order valence-electron chi connectivity index (χ2n) is 13.5. The van der Waals surface area contributed by atoms with Crippen molar-refractivity contribution < 1.29 is 4.42 Å². The van der Waals surface area contributed by atoms with Crippen LogP contribution in [-0.2, 0) is 6.42 Å². The minimum absolute atomic E-state index is 0.187. The van der Waals surface area contributed by atoms with Crippen LogP contribution in [0.15, 0.2) is 162 Å². The molecule has 4 aromatic heterocycles. The van der Waals surface area contributed by atoms with Crippen LogP contribution in [-0.4, -0.2) is 15.0 Å². The summed E-state index contributed by atoms with van der Waals surface area (Å²) in [7, 11) is 0. The molecule has 0 aliphatic heterocycles. The molecule has 1 aliphatic carbocycles. The Hall–Kier alpha value is -6.43. The molecule has 0 spiro atoms. The zero-order chi connectivity index (χ0) is 34.2. The summed E-state index contributed by atoms with van der Waals surface area (Å²) in [6, 6.07) is 53.6. The fourth-order valence-electron chi connectivity index (χ4n) is 8.14. The van der Waals surface area contributed by atoms with Gasteiger partial charge >= 0.3 is 0 Å². The molecule has 5 heteroatoms. The van der Waals surface area contributed by atoms with E-state index < -0.39 is 0 Å². The van der Waals surface area contributed by atoms with E-state index in [9.17, 15) is 0 Å². The summed E-state index contributed by atoms with van der Waals surface area (Å²) in [6.07, 6.45) is 2.78. The number of benzene rings is 6. The lowest BCUT2D eigenvalue weighted by Gasteiger charge is -2.28. The molecule has 0 N–H and O–H groups in total. The van der Waals surface area contributed by atoms with E-state index in [4.69, 9.17) is 19.4 Å². The van der Waals surface area contributed by atoms with E-state index in [1.54, 1.807) is 11.3 Å². The molecular formula is C47H29N3OS. The lowest BCUT2D eigenvalue weighted by atomic mass is 9.75. The van der Waals surface area contributed by atoms with Gasteiger partial charge in [0.2, 0.25) is 0 Å². The van der Waals surface area contributed by atoms with Gasteiger partial charge in [0.05, 0.1) is 11.4 Å². The Bertz CT molecular complexity index is 2940. The maximum atomic E-state index is 6.56. The second-order valence-corrected chi connectivity index (χ2v) is 14.6. The lowest BCUT2D eigenvalue weighted by molar-refractivity contribution is 0.667. The molecule has 1 aliphatic rings. The van der Waals surface area contributed by atoms with Gasteiger partial charge in [-0.05, 0) is 59.0 Å². The van der Waals surface area contributed by atoms with Gasteiger partial charge in [-0.15, -0.1) is 11.3 Å². The average Bonchev–Trinajstić information content (AvgIpc) is 3.79. The number of para-hydroxylation sites is 1. The van der Waals surface area contributed by atoms with Crippen LogP contribution in [0.4, 0.5) is 0 Å². The summed E-state index contributed by atoms with van der Waals surface area (Å²) in [5.74, 6) is 0.815. The van der Waals surface area contributed by atoms with Crippen molar-refractivity contribution in [3.8, 4) is 45.2 Å². The zero-order valence-corrected chi connectivity index (χ0v) is 28.8. The predicted octanol–water partition coefficient (Wildman–Crippen LogP) is 12.5. The Morgan fingerprint density at radius 3 is 2.13 bits per heavy atom. The van der Waals surface area contributed by atoms with Gasteiger partial charge in [-0.3, -0.25) is 4.98 Å². The number of pyridine rings is 1. The molecule has 0 saturated carbocycles.